The predicted octanol–water partition coefficient (Wildman–Crippen LogP) is 5.22. The van der Waals surface area contributed by atoms with Crippen LogP contribution in [0.15, 0.2) is 42.5 Å². The van der Waals surface area contributed by atoms with E-state index < -0.39 is 0 Å². The first-order valence-corrected chi connectivity index (χ1v) is 6.41. The van der Waals surface area contributed by atoms with Crippen LogP contribution in [0.2, 0.25) is 0 Å². The quantitative estimate of drug-likeness (QED) is 0.717. The van der Waals surface area contributed by atoms with Crippen molar-refractivity contribution in [2.75, 3.05) is 0 Å². The van der Waals surface area contributed by atoms with Crippen molar-refractivity contribution in [1.29, 1.82) is 0 Å². The molecule has 0 N–H and O–H groups in total. The Hall–Kier alpha value is -1.83. The second-order valence-corrected chi connectivity index (χ2v) is 5.81. The third-order valence-electron chi connectivity index (χ3n) is 3.00. The summed E-state index contributed by atoms with van der Waals surface area (Å²) in [6.45, 7) is 7.99. The lowest BCUT2D eigenvalue weighted by atomic mass is 9.86. The van der Waals surface area contributed by atoms with Crippen molar-refractivity contribution in [1.82, 2.24) is 0 Å². The van der Waals surface area contributed by atoms with Crippen LogP contribution in [0.25, 0.3) is 0 Å². The van der Waals surface area contributed by atoms with Gasteiger partial charge < -0.3 is 4.74 Å². The highest BCUT2D eigenvalue weighted by Crippen LogP contribution is 2.30. The van der Waals surface area contributed by atoms with E-state index in [1.165, 1.54) is 11.6 Å². The summed E-state index contributed by atoms with van der Waals surface area (Å²) in [7, 11) is 0. The standard InChI is InChI=1S/C17H19FO/c1-12-5-7-13(8-6-12)19-14-9-10-16(18)15(11-14)17(2,3)4/h5-11H,1-4H3. The summed E-state index contributed by atoms with van der Waals surface area (Å²) >= 11 is 0. The number of rotatable bonds is 2. The van der Waals surface area contributed by atoms with Crippen LogP contribution >= 0.6 is 0 Å². The zero-order valence-electron chi connectivity index (χ0n) is 11.8. The van der Waals surface area contributed by atoms with Crippen LogP contribution in [0.4, 0.5) is 4.39 Å². The van der Waals surface area contributed by atoms with Crippen LogP contribution in [0.3, 0.4) is 0 Å². The monoisotopic (exact) mass is 258 g/mol. The summed E-state index contributed by atoms with van der Waals surface area (Å²) in [5.74, 6) is 1.23. The molecule has 2 rings (SSSR count). The van der Waals surface area contributed by atoms with E-state index in [0.29, 0.717) is 11.3 Å². The van der Waals surface area contributed by atoms with E-state index in [4.69, 9.17) is 4.74 Å². The molecule has 0 amide bonds. The van der Waals surface area contributed by atoms with Crippen molar-refractivity contribution < 1.29 is 9.13 Å². The Bertz CT molecular complexity index is 565. The number of hydrogen-bond donors (Lipinski definition) is 0. The van der Waals surface area contributed by atoms with Gasteiger partial charge in [0.2, 0.25) is 0 Å². The fourth-order valence-electron chi connectivity index (χ4n) is 1.89. The Kier molecular flexibility index (Phi) is 3.61. The molecule has 0 saturated heterocycles. The molecule has 1 nitrogen and oxygen atoms in total. The summed E-state index contributed by atoms with van der Waals surface area (Å²) in [5, 5.41) is 0. The molecule has 19 heavy (non-hydrogen) atoms. The van der Waals surface area contributed by atoms with Gasteiger partial charge in [0.15, 0.2) is 0 Å². The van der Waals surface area contributed by atoms with Gasteiger partial charge in [0, 0.05) is 0 Å². The van der Waals surface area contributed by atoms with Crippen molar-refractivity contribution >= 4 is 0 Å². The van der Waals surface area contributed by atoms with Crippen LogP contribution in [-0.2, 0) is 5.41 Å². The minimum Gasteiger partial charge on any atom is -0.457 e. The molecule has 0 bridgehead atoms. The predicted molar refractivity (Wildman–Crippen MR) is 76.4 cm³/mol. The highest BCUT2D eigenvalue weighted by atomic mass is 19.1. The first-order valence-electron chi connectivity index (χ1n) is 6.41. The summed E-state index contributed by atoms with van der Waals surface area (Å²) in [4.78, 5) is 0. The fourth-order valence-corrected chi connectivity index (χ4v) is 1.89. The van der Waals surface area contributed by atoms with Gasteiger partial charge in [0.25, 0.3) is 0 Å². The van der Waals surface area contributed by atoms with Crippen molar-refractivity contribution in [3.63, 3.8) is 0 Å². The minimum absolute atomic E-state index is 0.191. The largest absolute Gasteiger partial charge is 0.457 e. The number of benzene rings is 2. The van der Waals surface area contributed by atoms with E-state index in [0.717, 1.165) is 5.75 Å². The van der Waals surface area contributed by atoms with E-state index in [-0.39, 0.29) is 11.2 Å². The maximum absolute atomic E-state index is 13.8. The Labute approximate surface area is 114 Å². The van der Waals surface area contributed by atoms with Crippen LogP contribution in [0.1, 0.15) is 31.9 Å². The van der Waals surface area contributed by atoms with Crippen molar-refractivity contribution in [2.24, 2.45) is 0 Å². The van der Waals surface area contributed by atoms with Gasteiger partial charge >= 0.3 is 0 Å². The van der Waals surface area contributed by atoms with Gasteiger partial charge in [-0.25, -0.2) is 4.39 Å². The number of aryl methyl sites for hydroxylation is 1. The maximum atomic E-state index is 13.8. The van der Waals surface area contributed by atoms with Crippen LogP contribution < -0.4 is 4.74 Å². The van der Waals surface area contributed by atoms with Gasteiger partial charge in [-0.05, 0) is 48.2 Å². The molecule has 0 heterocycles. The van der Waals surface area contributed by atoms with Crippen molar-refractivity contribution in [3.05, 3.63) is 59.4 Å². The van der Waals surface area contributed by atoms with Gasteiger partial charge in [-0.1, -0.05) is 38.5 Å². The molecule has 0 radical (unpaired) electrons. The molecule has 0 unspecified atom stereocenters. The molecular formula is C17H19FO. The number of hydrogen-bond acceptors (Lipinski definition) is 1. The molecule has 0 aliphatic carbocycles. The van der Waals surface area contributed by atoms with E-state index >= 15 is 0 Å². The smallest absolute Gasteiger partial charge is 0.127 e. The summed E-state index contributed by atoms with van der Waals surface area (Å²) in [6.07, 6.45) is 0. The molecule has 0 atom stereocenters. The lowest BCUT2D eigenvalue weighted by Gasteiger charge is -2.20. The highest BCUT2D eigenvalue weighted by Gasteiger charge is 2.19. The van der Waals surface area contributed by atoms with E-state index in [1.807, 2.05) is 52.0 Å². The highest BCUT2D eigenvalue weighted by molar-refractivity contribution is 5.37. The Morgan fingerprint density at radius 1 is 0.895 bits per heavy atom. The summed E-state index contributed by atoms with van der Waals surface area (Å²) in [5.41, 5.74) is 1.61. The SMILES string of the molecule is Cc1ccc(Oc2ccc(F)c(C(C)(C)C)c2)cc1. The van der Waals surface area contributed by atoms with E-state index in [1.54, 1.807) is 12.1 Å². The Morgan fingerprint density at radius 3 is 2.05 bits per heavy atom. The molecular weight excluding hydrogens is 239 g/mol. The van der Waals surface area contributed by atoms with Crippen molar-refractivity contribution in [2.45, 2.75) is 33.1 Å². The second-order valence-electron chi connectivity index (χ2n) is 5.81. The molecule has 0 aliphatic rings. The molecule has 100 valence electrons. The van der Waals surface area contributed by atoms with Gasteiger partial charge in [-0.15, -0.1) is 0 Å². The van der Waals surface area contributed by atoms with E-state index in [9.17, 15) is 4.39 Å². The number of ether oxygens (including phenoxy) is 1. The molecule has 0 spiro atoms. The van der Waals surface area contributed by atoms with Crippen LogP contribution in [0, 0.1) is 12.7 Å². The minimum atomic E-state index is -0.239. The first kappa shape index (κ1) is 13.6. The zero-order chi connectivity index (χ0) is 14.0. The molecule has 0 fully saturated rings. The Morgan fingerprint density at radius 2 is 1.47 bits per heavy atom. The third kappa shape index (κ3) is 3.34. The third-order valence-corrected chi connectivity index (χ3v) is 3.00. The number of halogens is 1. The van der Waals surface area contributed by atoms with Gasteiger partial charge in [0.05, 0.1) is 0 Å². The molecule has 2 aromatic rings. The molecule has 2 heteroatoms. The summed E-state index contributed by atoms with van der Waals surface area (Å²) in [6, 6.07) is 12.7. The fraction of sp³-hybridized carbons (Fsp3) is 0.294. The van der Waals surface area contributed by atoms with Gasteiger partial charge in [-0.3, -0.25) is 0 Å². The van der Waals surface area contributed by atoms with Gasteiger partial charge in [0.1, 0.15) is 17.3 Å². The van der Waals surface area contributed by atoms with Crippen molar-refractivity contribution in [3.8, 4) is 11.5 Å². The summed E-state index contributed by atoms with van der Waals surface area (Å²) < 4.78 is 19.6. The lowest BCUT2D eigenvalue weighted by molar-refractivity contribution is 0.469. The molecule has 0 saturated carbocycles. The molecule has 2 aromatic carbocycles. The van der Waals surface area contributed by atoms with Crippen LogP contribution in [-0.4, -0.2) is 0 Å². The zero-order valence-corrected chi connectivity index (χ0v) is 11.8. The van der Waals surface area contributed by atoms with E-state index in [2.05, 4.69) is 0 Å². The average molecular weight is 258 g/mol. The molecule has 0 aromatic heterocycles. The second kappa shape index (κ2) is 5.04. The Balaban J connectivity index is 2.29. The average Bonchev–Trinajstić information content (AvgIpc) is 2.33. The molecule has 0 aliphatic heterocycles. The first-order chi connectivity index (χ1) is 8.86. The normalized spacial score (nSPS) is 11.4. The van der Waals surface area contributed by atoms with Crippen LogP contribution in [0.5, 0.6) is 11.5 Å². The maximum Gasteiger partial charge on any atom is 0.127 e. The lowest BCUT2D eigenvalue weighted by Crippen LogP contribution is -2.13. The topological polar surface area (TPSA) is 9.23 Å². The van der Waals surface area contributed by atoms with Gasteiger partial charge in [-0.2, -0.15) is 0 Å².